The number of fused-ring (bicyclic) bond motifs is 1. The van der Waals surface area contributed by atoms with Crippen LogP contribution in [0.25, 0.3) is 10.2 Å². The number of benzene rings is 1. The molecule has 1 aromatic carbocycles. The number of hydrogen-bond donors (Lipinski definition) is 3. The van der Waals surface area contributed by atoms with Gasteiger partial charge in [0.1, 0.15) is 22.7 Å². The number of H-pyrrole nitrogens is 1. The molecular weight excluding hydrogens is 414 g/mol. The van der Waals surface area contributed by atoms with E-state index in [1.807, 2.05) is 35.7 Å². The summed E-state index contributed by atoms with van der Waals surface area (Å²) in [6.07, 6.45) is 3.07. The second kappa shape index (κ2) is 8.80. The summed E-state index contributed by atoms with van der Waals surface area (Å²) >= 11 is 1.54. The molecule has 1 amide bonds. The summed E-state index contributed by atoms with van der Waals surface area (Å²) in [6.45, 7) is 4.32. The minimum atomic E-state index is -0.281. The zero-order chi connectivity index (χ0) is 21.0. The maximum Gasteiger partial charge on any atom is 0.275 e. The number of thiophene rings is 1. The number of carbonyl (C=O) groups excluding carboxylic acids is 1. The highest BCUT2D eigenvalue weighted by Gasteiger charge is 2.16. The van der Waals surface area contributed by atoms with Gasteiger partial charge in [0.15, 0.2) is 0 Å². The first-order valence-electron chi connectivity index (χ1n) is 9.95. The van der Waals surface area contributed by atoms with Crippen LogP contribution in [0.2, 0.25) is 0 Å². The molecule has 158 valence electrons. The van der Waals surface area contributed by atoms with Gasteiger partial charge < -0.3 is 15.4 Å². The molecule has 10 heteroatoms. The van der Waals surface area contributed by atoms with Crippen molar-refractivity contribution in [1.29, 1.82) is 0 Å². The monoisotopic (exact) mass is 435 g/mol. The van der Waals surface area contributed by atoms with Crippen molar-refractivity contribution in [3.8, 4) is 0 Å². The quantitative estimate of drug-likeness (QED) is 0.427. The topological polar surface area (TPSA) is 108 Å². The predicted molar refractivity (Wildman–Crippen MR) is 120 cm³/mol. The molecule has 9 nitrogen and oxygen atoms in total. The summed E-state index contributed by atoms with van der Waals surface area (Å²) < 4.78 is 5.39. The lowest BCUT2D eigenvalue weighted by Crippen LogP contribution is -2.35. The van der Waals surface area contributed by atoms with Crippen molar-refractivity contribution in [2.24, 2.45) is 0 Å². The zero-order valence-electron chi connectivity index (χ0n) is 16.7. The molecule has 4 aromatic rings. The Kier molecular flexibility index (Phi) is 5.57. The number of aromatic amines is 1. The second-order valence-electron chi connectivity index (χ2n) is 7.18. The van der Waals surface area contributed by atoms with Crippen LogP contribution in [0.1, 0.15) is 16.1 Å². The van der Waals surface area contributed by atoms with Gasteiger partial charge >= 0.3 is 0 Å². The van der Waals surface area contributed by atoms with E-state index in [2.05, 4.69) is 35.7 Å². The maximum atomic E-state index is 12.8. The van der Waals surface area contributed by atoms with E-state index in [1.165, 1.54) is 23.2 Å². The van der Waals surface area contributed by atoms with Crippen molar-refractivity contribution in [3.05, 3.63) is 59.5 Å². The van der Waals surface area contributed by atoms with Crippen molar-refractivity contribution in [2.45, 2.75) is 6.54 Å². The van der Waals surface area contributed by atoms with Crippen LogP contribution < -0.4 is 10.6 Å². The lowest BCUT2D eigenvalue weighted by atomic mass is 10.2. The molecule has 0 bridgehead atoms. The molecule has 31 heavy (non-hydrogen) atoms. The largest absolute Gasteiger partial charge is 0.379 e. The van der Waals surface area contributed by atoms with E-state index >= 15 is 0 Å². The van der Waals surface area contributed by atoms with Crippen LogP contribution in [0.15, 0.2) is 48.2 Å². The Morgan fingerprint density at radius 2 is 2.00 bits per heavy atom. The fourth-order valence-electron chi connectivity index (χ4n) is 3.48. The Labute approximate surface area is 182 Å². The van der Waals surface area contributed by atoms with Gasteiger partial charge in [-0.25, -0.2) is 9.97 Å². The van der Waals surface area contributed by atoms with E-state index in [1.54, 1.807) is 6.20 Å². The first-order chi connectivity index (χ1) is 15.3. The van der Waals surface area contributed by atoms with Crippen LogP contribution >= 0.6 is 11.3 Å². The Morgan fingerprint density at radius 1 is 1.16 bits per heavy atom. The normalized spacial score (nSPS) is 14.6. The van der Waals surface area contributed by atoms with Crippen molar-refractivity contribution in [1.82, 2.24) is 25.1 Å². The Hall–Kier alpha value is -3.34. The van der Waals surface area contributed by atoms with Gasteiger partial charge in [-0.3, -0.25) is 14.8 Å². The maximum absolute atomic E-state index is 12.8. The minimum absolute atomic E-state index is 0.281. The number of anilines is 3. The Balaban J connectivity index is 1.26. The number of carbonyl (C=O) groups is 1. The fraction of sp³-hybridized carbons (Fsp3) is 0.238. The first-order valence-corrected chi connectivity index (χ1v) is 10.8. The lowest BCUT2D eigenvalue weighted by molar-refractivity contribution is 0.0342. The standard InChI is InChI=1S/C21H21N7O2S/c29-20(25-15-3-1-14(2-4-15)12-28-6-8-30-9-7-28)18-17(11-24-27-18)26-19-16-5-10-31-21(16)23-13-22-19/h1-5,10-11,13H,6-9,12H2,(H,24,27)(H,25,29)(H,22,23,26). The van der Waals surface area contributed by atoms with Gasteiger partial charge in [-0.1, -0.05) is 12.1 Å². The van der Waals surface area contributed by atoms with E-state index in [0.717, 1.165) is 48.8 Å². The van der Waals surface area contributed by atoms with E-state index in [4.69, 9.17) is 4.74 Å². The fourth-order valence-corrected chi connectivity index (χ4v) is 4.21. The third-order valence-electron chi connectivity index (χ3n) is 5.10. The lowest BCUT2D eigenvalue weighted by Gasteiger charge is -2.26. The number of amides is 1. The summed E-state index contributed by atoms with van der Waals surface area (Å²) in [7, 11) is 0. The third kappa shape index (κ3) is 4.41. The molecule has 3 N–H and O–H groups in total. The van der Waals surface area contributed by atoms with Crippen molar-refractivity contribution < 1.29 is 9.53 Å². The van der Waals surface area contributed by atoms with Crippen LogP contribution in [0.4, 0.5) is 17.2 Å². The average Bonchev–Trinajstić information content (AvgIpc) is 3.46. The summed E-state index contributed by atoms with van der Waals surface area (Å²) in [4.78, 5) is 24.6. The predicted octanol–water partition coefficient (Wildman–Crippen LogP) is 3.24. The van der Waals surface area contributed by atoms with E-state index < -0.39 is 0 Å². The highest BCUT2D eigenvalue weighted by Crippen LogP contribution is 2.27. The molecule has 0 radical (unpaired) electrons. The number of aromatic nitrogens is 4. The van der Waals surface area contributed by atoms with Gasteiger partial charge in [-0.05, 0) is 29.1 Å². The smallest absolute Gasteiger partial charge is 0.275 e. The van der Waals surface area contributed by atoms with E-state index in [9.17, 15) is 4.79 Å². The number of nitrogens with one attached hydrogen (secondary N) is 3. The molecule has 0 atom stereocenters. The summed E-state index contributed by atoms with van der Waals surface area (Å²) in [5, 5.41) is 15.8. The first kappa shape index (κ1) is 19.6. The summed E-state index contributed by atoms with van der Waals surface area (Å²) in [5.74, 6) is 0.353. The van der Waals surface area contributed by atoms with E-state index in [0.29, 0.717) is 17.2 Å². The molecule has 1 aliphatic rings. The molecule has 0 spiro atoms. The Bertz CT molecular complexity index is 1180. The van der Waals surface area contributed by atoms with Gasteiger partial charge in [-0.15, -0.1) is 11.3 Å². The molecule has 1 aliphatic heterocycles. The van der Waals surface area contributed by atoms with Gasteiger partial charge in [-0.2, -0.15) is 5.10 Å². The van der Waals surface area contributed by atoms with Crippen LogP contribution in [0, 0.1) is 0 Å². The molecule has 0 aliphatic carbocycles. The molecule has 5 rings (SSSR count). The van der Waals surface area contributed by atoms with Crippen molar-refractivity contribution >= 4 is 44.7 Å². The number of hydrogen-bond acceptors (Lipinski definition) is 8. The van der Waals surface area contributed by atoms with E-state index in [-0.39, 0.29) is 5.91 Å². The van der Waals surface area contributed by atoms with Crippen LogP contribution in [-0.2, 0) is 11.3 Å². The molecule has 0 unspecified atom stereocenters. The van der Waals surface area contributed by atoms with Gasteiger partial charge in [0, 0.05) is 25.3 Å². The van der Waals surface area contributed by atoms with Crippen LogP contribution in [0.3, 0.4) is 0 Å². The number of rotatable bonds is 6. The second-order valence-corrected chi connectivity index (χ2v) is 8.08. The van der Waals surface area contributed by atoms with Crippen LogP contribution in [-0.4, -0.2) is 57.3 Å². The molecular formula is C21H21N7O2S. The van der Waals surface area contributed by atoms with Crippen LogP contribution in [0.5, 0.6) is 0 Å². The Morgan fingerprint density at radius 3 is 2.84 bits per heavy atom. The molecule has 1 fully saturated rings. The molecule has 4 heterocycles. The van der Waals surface area contributed by atoms with Gasteiger partial charge in [0.2, 0.25) is 0 Å². The highest BCUT2D eigenvalue weighted by molar-refractivity contribution is 7.16. The molecule has 0 saturated carbocycles. The average molecular weight is 436 g/mol. The summed E-state index contributed by atoms with van der Waals surface area (Å²) in [5.41, 5.74) is 2.80. The number of ether oxygens (including phenoxy) is 1. The highest BCUT2D eigenvalue weighted by atomic mass is 32.1. The SMILES string of the molecule is O=C(Nc1ccc(CN2CCOCC2)cc1)c1[nH]ncc1Nc1ncnc2sccc12. The number of morpholine rings is 1. The minimum Gasteiger partial charge on any atom is -0.379 e. The summed E-state index contributed by atoms with van der Waals surface area (Å²) in [6, 6.07) is 9.84. The number of nitrogens with zero attached hydrogens (tertiary/aromatic N) is 4. The van der Waals surface area contributed by atoms with Crippen molar-refractivity contribution in [3.63, 3.8) is 0 Å². The molecule has 3 aromatic heterocycles. The zero-order valence-corrected chi connectivity index (χ0v) is 17.5. The third-order valence-corrected chi connectivity index (χ3v) is 5.92. The van der Waals surface area contributed by atoms with Gasteiger partial charge in [0.25, 0.3) is 5.91 Å². The van der Waals surface area contributed by atoms with Crippen molar-refractivity contribution in [2.75, 3.05) is 36.9 Å². The molecule has 1 saturated heterocycles. The van der Waals surface area contributed by atoms with Gasteiger partial charge in [0.05, 0.1) is 30.5 Å².